The molecular weight excluding hydrogens is 370 g/mol. The van der Waals surface area contributed by atoms with Gasteiger partial charge >= 0.3 is 0 Å². The van der Waals surface area contributed by atoms with Gasteiger partial charge in [-0.25, -0.2) is 8.78 Å². The van der Waals surface area contributed by atoms with E-state index in [0.29, 0.717) is 12.5 Å². The highest BCUT2D eigenvalue weighted by molar-refractivity contribution is 5.05. The van der Waals surface area contributed by atoms with E-state index in [9.17, 15) is 0 Å². The number of hydrogen-bond acceptors (Lipinski definition) is 2. The van der Waals surface area contributed by atoms with E-state index in [1.54, 1.807) is 0 Å². The average Bonchev–Trinajstić information content (AvgIpc) is 3.12. The quantitative estimate of drug-likeness (QED) is 0.435. The molecule has 8 unspecified atom stereocenters. The van der Waals surface area contributed by atoms with Gasteiger partial charge in [-0.3, -0.25) is 0 Å². The van der Waals surface area contributed by atoms with Crippen molar-refractivity contribution < 1.29 is 18.3 Å². The van der Waals surface area contributed by atoms with Crippen molar-refractivity contribution in [3.05, 3.63) is 0 Å². The second-order valence-corrected chi connectivity index (χ2v) is 10.4. The van der Waals surface area contributed by atoms with E-state index in [1.807, 2.05) is 0 Å². The van der Waals surface area contributed by atoms with Crippen LogP contribution in [-0.2, 0) is 9.47 Å². The minimum absolute atomic E-state index is 0.133. The Balaban J connectivity index is 1.34. The van der Waals surface area contributed by atoms with Crippen molar-refractivity contribution in [3.63, 3.8) is 0 Å². The monoisotopic (exact) mass is 412 g/mol. The summed E-state index contributed by atoms with van der Waals surface area (Å²) in [4.78, 5) is 0. The summed E-state index contributed by atoms with van der Waals surface area (Å²) in [5.74, 6) is 1.91. The minimum Gasteiger partial charge on any atom is -0.375 e. The molecule has 0 aromatic rings. The van der Waals surface area contributed by atoms with Gasteiger partial charge in [0, 0.05) is 6.61 Å². The molecule has 0 N–H and O–H groups in total. The van der Waals surface area contributed by atoms with E-state index >= 15 is 8.78 Å². The van der Waals surface area contributed by atoms with Crippen LogP contribution in [0.1, 0.15) is 90.9 Å². The van der Waals surface area contributed by atoms with E-state index in [0.717, 1.165) is 44.4 Å². The third kappa shape index (κ3) is 4.54. The molecule has 2 nitrogen and oxygen atoms in total. The Morgan fingerprint density at radius 1 is 0.759 bits per heavy atom. The molecule has 0 spiro atoms. The summed E-state index contributed by atoms with van der Waals surface area (Å²) < 4.78 is 42.9. The third-order valence-corrected chi connectivity index (χ3v) is 8.74. The Morgan fingerprint density at radius 2 is 1.41 bits per heavy atom. The maximum Gasteiger partial charge on any atom is 0.152 e. The smallest absolute Gasteiger partial charge is 0.152 e. The second kappa shape index (κ2) is 9.94. The van der Waals surface area contributed by atoms with Gasteiger partial charge < -0.3 is 9.47 Å². The van der Waals surface area contributed by atoms with Crippen molar-refractivity contribution in [1.82, 2.24) is 0 Å². The first-order valence-electron chi connectivity index (χ1n) is 12.7. The lowest BCUT2D eigenvalue weighted by molar-refractivity contribution is -0.122. The molecule has 0 aromatic carbocycles. The largest absolute Gasteiger partial charge is 0.375 e. The zero-order valence-corrected chi connectivity index (χ0v) is 18.5. The van der Waals surface area contributed by atoms with Gasteiger partial charge in [0.25, 0.3) is 0 Å². The van der Waals surface area contributed by atoms with Crippen molar-refractivity contribution in [2.24, 2.45) is 29.6 Å². The predicted molar refractivity (Wildman–Crippen MR) is 112 cm³/mol. The van der Waals surface area contributed by atoms with Gasteiger partial charge in [0.05, 0.1) is 18.3 Å². The molecule has 0 radical (unpaired) electrons. The van der Waals surface area contributed by atoms with Crippen LogP contribution in [0, 0.1) is 29.6 Å². The summed E-state index contributed by atoms with van der Waals surface area (Å²) in [5, 5.41) is 0. The first-order valence-corrected chi connectivity index (χ1v) is 12.7. The van der Waals surface area contributed by atoms with Crippen LogP contribution in [0.15, 0.2) is 0 Å². The molecule has 1 saturated heterocycles. The Labute approximate surface area is 176 Å². The normalized spacial score (nSPS) is 47.6. The maximum absolute atomic E-state index is 15.7. The van der Waals surface area contributed by atoms with Gasteiger partial charge in [0.1, 0.15) is 6.17 Å². The Bertz CT molecular complexity index is 507. The fourth-order valence-corrected chi connectivity index (χ4v) is 7.13. The minimum atomic E-state index is -1.09. The fourth-order valence-electron chi connectivity index (χ4n) is 7.13. The number of fused-ring (bicyclic) bond motifs is 3. The number of alkyl halides is 2. The van der Waals surface area contributed by atoms with Crippen molar-refractivity contribution in [2.45, 2.75) is 122 Å². The van der Waals surface area contributed by atoms with Gasteiger partial charge in [0.2, 0.25) is 0 Å². The Kier molecular flexibility index (Phi) is 7.53. The molecule has 4 fully saturated rings. The molecule has 0 amide bonds. The lowest BCUT2D eigenvalue weighted by atomic mass is 9.64. The molecule has 4 aliphatic rings. The number of unbranched alkanes of at least 4 members (excludes halogenated alkanes) is 1. The van der Waals surface area contributed by atoms with Crippen molar-refractivity contribution in [1.29, 1.82) is 0 Å². The molecule has 0 aromatic heterocycles. The lowest BCUT2D eigenvalue weighted by Crippen LogP contribution is -2.45. The molecular formula is C25H42F2O2. The number of halogens is 2. The molecule has 29 heavy (non-hydrogen) atoms. The van der Waals surface area contributed by atoms with Crippen molar-refractivity contribution in [3.8, 4) is 0 Å². The van der Waals surface area contributed by atoms with Crippen LogP contribution in [-0.4, -0.2) is 37.3 Å². The molecule has 168 valence electrons. The van der Waals surface area contributed by atoms with E-state index in [-0.39, 0.29) is 30.0 Å². The molecule has 1 heterocycles. The summed E-state index contributed by atoms with van der Waals surface area (Å²) >= 11 is 0. The Morgan fingerprint density at radius 3 is 2.10 bits per heavy atom. The second-order valence-electron chi connectivity index (χ2n) is 10.4. The maximum atomic E-state index is 15.7. The number of ether oxygens (including phenoxy) is 2. The van der Waals surface area contributed by atoms with Gasteiger partial charge in [0.15, 0.2) is 6.17 Å². The summed E-state index contributed by atoms with van der Waals surface area (Å²) in [5.41, 5.74) is 0. The zero-order valence-electron chi connectivity index (χ0n) is 18.5. The van der Waals surface area contributed by atoms with Crippen LogP contribution in [0.3, 0.4) is 0 Å². The van der Waals surface area contributed by atoms with Gasteiger partial charge in [-0.15, -0.1) is 0 Å². The summed E-state index contributed by atoms with van der Waals surface area (Å²) in [6, 6.07) is 0. The fraction of sp³-hybridized carbons (Fsp3) is 1.00. The molecule has 3 saturated carbocycles. The average molecular weight is 413 g/mol. The topological polar surface area (TPSA) is 18.5 Å². The first kappa shape index (κ1) is 22.0. The highest BCUT2D eigenvalue weighted by Gasteiger charge is 2.57. The standard InChI is InChI=1S/C25H42F2O2/c1-3-5-15-28-21-14-13-20-19-12-11-18(17-9-7-16(6-4-2)8-10-17)22(26)24(19)29-25(20)23(21)27/h16-25H,3-15H2,1-2H3. The Hall–Kier alpha value is -0.220. The van der Waals surface area contributed by atoms with Crippen molar-refractivity contribution in [2.75, 3.05) is 6.61 Å². The van der Waals surface area contributed by atoms with Crippen molar-refractivity contribution >= 4 is 0 Å². The summed E-state index contributed by atoms with van der Waals surface area (Å²) in [6.07, 6.45) is 10.1. The van der Waals surface area contributed by atoms with Gasteiger partial charge in [-0.2, -0.15) is 0 Å². The van der Waals surface area contributed by atoms with Crippen LogP contribution in [0.2, 0.25) is 0 Å². The predicted octanol–water partition coefficient (Wildman–Crippen LogP) is 6.66. The molecule has 4 heteroatoms. The first-order chi connectivity index (χ1) is 14.1. The molecule has 1 aliphatic heterocycles. The third-order valence-electron chi connectivity index (χ3n) is 8.74. The summed E-state index contributed by atoms with van der Waals surface area (Å²) in [7, 11) is 0. The molecule has 0 bridgehead atoms. The molecule has 8 atom stereocenters. The van der Waals surface area contributed by atoms with E-state index in [1.165, 1.54) is 38.5 Å². The van der Waals surface area contributed by atoms with Crippen LogP contribution in [0.25, 0.3) is 0 Å². The van der Waals surface area contributed by atoms with Gasteiger partial charge in [-0.1, -0.05) is 46.0 Å². The summed E-state index contributed by atoms with van der Waals surface area (Å²) in [6.45, 7) is 5.01. The molecule has 4 rings (SSSR count). The van der Waals surface area contributed by atoms with Crippen LogP contribution < -0.4 is 0 Å². The van der Waals surface area contributed by atoms with E-state index in [4.69, 9.17) is 9.47 Å². The SMILES string of the molecule is CCCCOC1CCC2C3CCC(C4CCC(CCC)CC4)C(F)C3OC2C1F. The number of rotatable bonds is 7. The van der Waals surface area contributed by atoms with Crippen LogP contribution >= 0.6 is 0 Å². The van der Waals surface area contributed by atoms with E-state index in [2.05, 4.69) is 13.8 Å². The van der Waals surface area contributed by atoms with Crippen LogP contribution in [0.5, 0.6) is 0 Å². The molecule has 3 aliphatic carbocycles. The van der Waals surface area contributed by atoms with E-state index < -0.39 is 18.4 Å². The van der Waals surface area contributed by atoms with Crippen LogP contribution in [0.4, 0.5) is 8.78 Å². The van der Waals surface area contributed by atoms with Gasteiger partial charge in [-0.05, 0) is 74.5 Å². The highest BCUT2D eigenvalue weighted by atomic mass is 19.1. The number of hydrogen-bond donors (Lipinski definition) is 0. The lowest BCUT2D eigenvalue weighted by Gasteiger charge is -2.42. The highest BCUT2D eigenvalue weighted by Crippen LogP contribution is 2.53. The zero-order chi connectivity index (χ0) is 20.4.